The molecule has 0 aromatic rings. The van der Waals surface area contributed by atoms with E-state index in [0.717, 1.165) is 11.8 Å². The summed E-state index contributed by atoms with van der Waals surface area (Å²) in [4.78, 5) is 0. The molecule has 1 saturated carbocycles. The molecule has 0 saturated heterocycles. The van der Waals surface area contributed by atoms with Crippen molar-refractivity contribution in [1.29, 1.82) is 0 Å². The lowest BCUT2D eigenvalue weighted by Gasteiger charge is -2.14. The zero-order valence-corrected chi connectivity index (χ0v) is 6.69. The van der Waals surface area contributed by atoms with E-state index in [1.54, 1.807) is 0 Å². The minimum atomic E-state index is 0.993. The van der Waals surface area contributed by atoms with Crippen LogP contribution in [-0.2, 0) is 0 Å². The molecule has 0 nitrogen and oxygen atoms in total. The Morgan fingerprint density at radius 3 is 1.67 bits per heavy atom. The van der Waals surface area contributed by atoms with Gasteiger partial charge in [-0.2, -0.15) is 0 Å². The Balaban J connectivity index is 2.32. The quantitative estimate of drug-likeness (QED) is 0.437. The van der Waals surface area contributed by atoms with Crippen LogP contribution in [0.3, 0.4) is 0 Å². The smallest absolute Gasteiger partial charge is 0.0417 e. The van der Waals surface area contributed by atoms with E-state index < -0.39 is 0 Å². The normalized spacial score (nSPS) is 38.0. The van der Waals surface area contributed by atoms with Crippen LogP contribution in [0.2, 0.25) is 0 Å². The van der Waals surface area contributed by atoms with Crippen LogP contribution in [-0.4, -0.2) is 0 Å². The second kappa shape index (κ2) is 3.24. The van der Waals surface area contributed by atoms with E-state index in [2.05, 4.69) is 13.8 Å². The van der Waals surface area contributed by atoms with E-state index in [1.807, 2.05) is 0 Å². The third kappa shape index (κ3) is 2.00. The highest BCUT2D eigenvalue weighted by Crippen LogP contribution is 2.27. The molecule has 0 aromatic heterocycles. The molecule has 1 rings (SSSR count). The van der Waals surface area contributed by atoms with Gasteiger partial charge in [0.2, 0.25) is 0 Å². The summed E-state index contributed by atoms with van der Waals surface area (Å²) < 4.78 is 0. The SMILES string of the molecule is CC1CCCCC[C@@H]1C. The maximum Gasteiger partial charge on any atom is -0.0417 e. The minimum Gasteiger partial charge on any atom is -0.0623 e. The van der Waals surface area contributed by atoms with Crippen molar-refractivity contribution in [2.75, 3.05) is 0 Å². The molecule has 2 atom stereocenters. The highest BCUT2D eigenvalue weighted by Gasteiger charge is 2.14. The predicted octanol–water partition coefficient (Wildman–Crippen LogP) is 3.22. The molecular weight excluding hydrogens is 108 g/mol. The molecule has 1 fully saturated rings. The molecule has 1 aliphatic carbocycles. The zero-order chi connectivity index (χ0) is 6.69. The first kappa shape index (κ1) is 7.11. The van der Waals surface area contributed by atoms with Crippen LogP contribution in [0.25, 0.3) is 0 Å². The van der Waals surface area contributed by atoms with Crippen LogP contribution in [0.4, 0.5) is 0 Å². The molecule has 1 aliphatic rings. The lowest BCUT2D eigenvalue weighted by atomic mass is 9.92. The molecule has 0 spiro atoms. The molecule has 9 heavy (non-hydrogen) atoms. The standard InChI is InChI=1S/C9H18/c1-8-6-4-3-5-7-9(8)2/h8-9H,3-7H2,1-2H3/t8-,9?/m0/s1. The van der Waals surface area contributed by atoms with Crippen molar-refractivity contribution < 1.29 is 0 Å². The largest absolute Gasteiger partial charge is 0.0623 e. The van der Waals surface area contributed by atoms with Crippen molar-refractivity contribution in [3.63, 3.8) is 0 Å². The van der Waals surface area contributed by atoms with Gasteiger partial charge in [-0.15, -0.1) is 0 Å². The van der Waals surface area contributed by atoms with Gasteiger partial charge in [-0.05, 0) is 11.8 Å². The monoisotopic (exact) mass is 126 g/mol. The van der Waals surface area contributed by atoms with Crippen LogP contribution >= 0.6 is 0 Å². The molecule has 0 aliphatic heterocycles. The molecule has 0 bridgehead atoms. The van der Waals surface area contributed by atoms with Crippen LogP contribution in [0.1, 0.15) is 46.0 Å². The average Bonchev–Trinajstić information content (AvgIpc) is 1.99. The topological polar surface area (TPSA) is 0 Å². The molecule has 0 N–H and O–H groups in total. The maximum absolute atomic E-state index is 2.40. The fourth-order valence-electron chi connectivity index (χ4n) is 1.68. The number of rotatable bonds is 0. The van der Waals surface area contributed by atoms with E-state index >= 15 is 0 Å². The number of hydrogen-bond donors (Lipinski definition) is 0. The maximum atomic E-state index is 2.40. The third-order valence-electron chi connectivity index (χ3n) is 2.79. The van der Waals surface area contributed by atoms with Crippen LogP contribution in [0.5, 0.6) is 0 Å². The highest BCUT2D eigenvalue weighted by molar-refractivity contribution is 4.66. The molecule has 0 heteroatoms. The van der Waals surface area contributed by atoms with Gasteiger partial charge in [-0.1, -0.05) is 46.0 Å². The fraction of sp³-hybridized carbons (Fsp3) is 1.00. The van der Waals surface area contributed by atoms with Gasteiger partial charge in [0.05, 0.1) is 0 Å². The zero-order valence-electron chi connectivity index (χ0n) is 6.69. The highest BCUT2D eigenvalue weighted by atomic mass is 14.2. The van der Waals surface area contributed by atoms with E-state index in [1.165, 1.54) is 32.1 Å². The van der Waals surface area contributed by atoms with Crippen molar-refractivity contribution in [3.05, 3.63) is 0 Å². The molecule has 0 amide bonds. The Kier molecular flexibility index (Phi) is 2.56. The van der Waals surface area contributed by atoms with E-state index in [0.29, 0.717) is 0 Å². The van der Waals surface area contributed by atoms with E-state index in [-0.39, 0.29) is 0 Å². The summed E-state index contributed by atoms with van der Waals surface area (Å²) in [5, 5.41) is 0. The fourth-order valence-corrected chi connectivity index (χ4v) is 1.68. The van der Waals surface area contributed by atoms with Crippen molar-refractivity contribution in [2.45, 2.75) is 46.0 Å². The van der Waals surface area contributed by atoms with Crippen molar-refractivity contribution in [1.82, 2.24) is 0 Å². The molecule has 1 unspecified atom stereocenters. The Labute approximate surface area is 58.7 Å². The first-order valence-corrected chi connectivity index (χ1v) is 4.30. The molecule has 0 aromatic carbocycles. The summed E-state index contributed by atoms with van der Waals surface area (Å²) in [5.41, 5.74) is 0. The summed E-state index contributed by atoms with van der Waals surface area (Å²) >= 11 is 0. The molecule has 54 valence electrons. The predicted molar refractivity (Wildman–Crippen MR) is 41.4 cm³/mol. The molecule has 0 radical (unpaired) electrons. The van der Waals surface area contributed by atoms with Crippen LogP contribution in [0, 0.1) is 11.8 Å². The first-order chi connectivity index (χ1) is 4.30. The summed E-state index contributed by atoms with van der Waals surface area (Å²) in [6, 6.07) is 0. The van der Waals surface area contributed by atoms with Gasteiger partial charge in [-0.25, -0.2) is 0 Å². The van der Waals surface area contributed by atoms with Gasteiger partial charge in [0.15, 0.2) is 0 Å². The summed E-state index contributed by atoms with van der Waals surface area (Å²) in [5.74, 6) is 1.99. The molecule has 0 heterocycles. The first-order valence-electron chi connectivity index (χ1n) is 4.30. The van der Waals surface area contributed by atoms with E-state index in [4.69, 9.17) is 0 Å². The average molecular weight is 126 g/mol. The van der Waals surface area contributed by atoms with Crippen LogP contribution < -0.4 is 0 Å². The lowest BCUT2D eigenvalue weighted by molar-refractivity contribution is 0.367. The Morgan fingerprint density at radius 1 is 0.778 bits per heavy atom. The van der Waals surface area contributed by atoms with Gasteiger partial charge in [0, 0.05) is 0 Å². The molecular formula is C9H18. The third-order valence-corrected chi connectivity index (χ3v) is 2.79. The summed E-state index contributed by atoms with van der Waals surface area (Å²) in [6.07, 6.45) is 7.38. The Hall–Kier alpha value is 0. The van der Waals surface area contributed by atoms with E-state index in [9.17, 15) is 0 Å². The number of hydrogen-bond acceptors (Lipinski definition) is 0. The lowest BCUT2D eigenvalue weighted by Crippen LogP contribution is -2.04. The van der Waals surface area contributed by atoms with Gasteiger partial charge in [0.25, 0.3) is 0 Å². The second-order valence-corrected chi connectivity index (χ2v) is 3.59. The second-order valence-electron chi connectivity index (χ2n) is 3.59. The van der Waals surface area contributed by atoms with Gasteiger partial charge < -0.3 is 0 Å². The van der Waals surface area contributed by atoms with Crippen molar-refractivity contribution in [2.24, 2.45) is 11.8 Å². The Bertz CT molecular complexity index is 66.1. The van der Waals surface area contributed by atoms with Gasteiger partial charge >= 0.3 is 0 Å². The van der Waals surface area contributed by atoms with Crippen LogP contribution in [0.15, 0.2) is 0 Å². The van der Waals surface area contributed by atoms with Gasteiger partial charge in [0.1, 0.15) is 0 Å². The van der Waals surface area contributed by atoms with Crippen molar-refractivity contribution in [3.8, 4) is 0 Å². The summed E-state index contributed by atoms with van der Waals surface area (Å²) in [6.45, 7) is 4.80. The minimum absolute atomic E-state index is 0.993. The van der Waals surface area contributed by atoms with Gasteiger partial charge in [-0.3, -0.25) is 0 Å². The summed E-state index contributed by atoms with van der Waals surface area (Å²) in [7, 11) is 0. The Morgan fingerprint density at radius 2 is 1.22 bits per heavy atom. The van der Waals surface area contributed by atoms with Crippen molar-refractivity contribution >= 4 is 0 Å².